The molecular formula is C16H25FN2. The van der Waals surface area contributed by atoms with E-state index in [4.69, 9.17) is 5.73 Å². The van der Waals surface area contributed by atoms with Crippen LogP contribution in [0, 0.1) is 0 Å². The molecule has 0 aromatic rings. The standard InChI is InChI=1S/C16H25FN2/c1-3-4-5-6-12(2)16(17)11-15(16)19-14-9-7-13(18)8-10-14/h3-6,13-15,19H,2,7-11,18H2,1H3/b4-3-,6-5-/t13?,14?,15-,16-/m0/s1. The quantitative estimate of drug-likeness (QED) is 0.749. The monoisotopic (exact) mass is 264 g/mol. The fraction of sp³-hybridized carbons (Fsp3) is 0.625. The van der Waals surface area contributed by atoms with Gasteiger partial charge in [-0.15, -0.1) is 0 Å². The number of hydrogen-bond donors (Lipinski definition) is 2. The summed E-state index contributed by atoms with van der Waals surface area (Å²) < 4.78 is 14.6. The average molecular weight is 264 g/mol. The first kappa shape index (κ1) is 14.5. The number of nitrogens with two attached hydrogens (primary N) is 1. The molecule has 106 valence electrons. The van der Waals surface area contributed by atoms with Crippen LogP contribution in [0.2, 0.25) is 0 Å². The van der Waals surface area contributed by atoms with E-state index in [0.717, 1.165) is 25.7 Å². The van der Waals surface area contributed by atoms with E-state index in [9.17, 15) is 4.39 Å². The molecule has 2 aliphatic rings. The van der Waals surface area contributed by atoms with Crippen molar-refractivity contribution < 1.29 is 4.39 Å². The third-order valence-electron chi connectivity index (χ3n) is 4.24. The van der Waals surface area contributed by atoms with Gasteiger partial charge in [0, 0.05) is 24.5 Å². The van der Waals surface area contributed by atoms with Gasteiger partial charge in [-0.25, -0.2) is 4.39 Å². The number of alkyl halides is 1. The van der Waals surface area contributed by atoms with Crippen LogP contribution in [0.15, 0.2) is 36.5 Å². The SMILES string of the molecule is C=C(/C=C\C=C/C)[C@@]1(F)C[C@@H]1NC1CCC(N)CC1. The van der Waals surface area contributed by atoms with Crippen LogP contribution in [0.3, 0.4) is 0 Å². The number of nitrogens with one attached hydrogen (secondary N) is 1. The van der Waals surface area contributed by atoms with Crippen LogP contribution in [0.25, 0.3) is 0 Å². The van der Waals surface area contributed by atoms with Crippen molar-refractivity contribution in [1.82, 2.24) is 5.32 Å². The van der Waals surface area contributed by atoms with Crippen LogP contribution in [-0.2, 0) is 0 Å². The molecule has 2 atom stereocenters. The third-order valence-corrected chi connectivity index (χ3v) is 4.24. The zero-order valence-corrected chi connectivity index (χ0v) is 11.7. The second-order valence-electron chi connectivity index (χ2n) is 5.81. The maximum absolute atomic E-state index is 14.6. The first-order valence-corrected chi connectivity index (χ1v) is 7.25. The summed E-state index contributed by atoms with van der Waals surface area (Å²) in [5.74, 6) is 0. The fourth-order valence-electron chi connectivity index (χ4n) is 2.78. The van der Waals surface area contributed by atoms with Crippen molar-refractivity contribution in [2.24, 2.45) is 5.73 Å². The van der Waals surface area contributed by atoms with E-state index in [1.165, 1.54) is 0 Å². The molecule has 0 aromatic heterocycles. The van der Waals surface area contributed by atoms with Crippen LogP contribution in [0.5, 0.6) is 0 Å². The maximum atomic E-state index is 14.6. The maximum Gasteiger partial charge on any atom is 0.152 e. The minimum Gasteiger partial charge on any atom is -0.328 e. The summed E-state index contributed by atoms with van der Waals surface area (Å²) in [5, 5.41) is 3.43. The van der Waals surface area contributed by atoms with Crippen LogP contribution in [0.1, 0.15) is 39.0 Å². The predicted octanol–water partition coefficient (Wildman–Crippen LogP) is 3.02. The van der Waals surface area contributed by atoms with Gasteiger partial charge in [0.05, 0.1) is 0 Å². The van der Waals surface area contributed by atoms with Crippen molar-refractivity contribution in [3.8, 4) is 0 Å². The molecule has 0 spiro atoms. The van der Waals surface area contributed by atoms with Crippen molar-refractivity contribution in [2.75, 3.05) is 0 Å². The molecule has 2 fully saturated rings. The summed E-state index contributed by atoms with van der Waals surface area (Å²) in [4.78, 5) is 0. The molecule has 19 heavy (non-hydrogen) atoms. The van der Waals surface area contributed by atoms with Crippen LogP contribution >= 0.6 is 0 Å². The molecule has 0 unspecified atom stereocenters. The highest BCUT2D eigenvalue weighted by molar-refractivity contribution is 5.38. The Labute approximate surface area is 115 Å². The summed E-state index contributed by atoms with van der Waals surface area (Å²) >= 11 is 0. The van der Waals surface area contributed by atoms with Gasteiger partial charge in [0.1, 0.15) is 0 Å². The Balaban J connectivity index is 1.80. The van der Waals surface area contributed by atoms with Crippen molar-refractivity contribution in [2.45, 2.75) is 62.8 Å². The summed E-state index contributed by atoms with van der Waals surface area (Å²) in [6.45, 7) is 5.80. The van der Waals surface area contributed by atoms with Gasteiger partial charge in [-0.2, -0.15) is 0 Å². The molecule has 0 radical (unpaired) electrons. The topological polar surface area (TPSA) is 38.0 Å². The van der Waals surface area contributed by atoms with Crippen LogP contribution in [0.4, 0.5) is 4.39 Å². The minimum absolute atomic E-state index is 0.0606. The van der Waals surface area contributed by atoms with Gasteiger partial charge in [-0.05, 0) is 38.2 Å². The van der Waals surface area contributed by atoms with E-state index < -0.39 is 5.67 Å². The van der Waals surface area contributed by atoms with E-state index in [0.29, 0.717) is 24.1 Å². The van der Waals surface area contributed by atoms with Crippen molar-refractivity contribution in [1.29, 1.82) is 0 Å². The lowest BCUT2D eigenvalue weighted by Gasteiger charge is -2.27. The smallest absolute Gasteiger partial charge is 0.152 e. The van der Waals surface area contributed by atoms with Crippen LogP contribution < -0.4 is 11.1 Å². The molecule has 2 rings (SSSR count). The van der Waals surface area contributed by atoms with E-state index in [-0.39, 0.29) is 6.04 Å². The summed E-state index contributed by atoms with van der Waals surface area (Å²) in [7, 11) is 0. The number of hydrogen-bond acceptors (Lipinski definition) is 2. The lowest BCUT2D eigenvalue weighted by Crippen LogP contribution is -2.40. The largest absolute Gasteiger partial charge is 0.328 e. The van der Waals surface area contributed by atoms with Crippen molar-refractivity contribution in [3.05, 3.63) is 36.5 Å². The second-order valence-corrected chi connectivity index (χ2v) is 5.81. The van der Waals surface area contributed by atoms with Gasteiger partial charge in [-0.3, -0.25) is 0 Å². The molecule has 0 bridgehead atoms. The first-order chi connectivity index (χ1) is 9.06. The van der Waals surface area contributed by atoms with Crippen molar-refractivity contribution in [3.63, 3.8) is 0 Å². The lowest BCUT2D eigenvalue weighted by molar-refractivity contribution is 0.297. The molecule has 0 amide bonds. The number of halogens is 1. The Morgan fingerprint density at radius 3 is 2.63 bits per heavy atom. The molecule has 0 aromatic carbocycles. The average Bonchev–Trinajstić information content (AvgIpc) is 3.04. The summed E-state index contributed by atoms with van der Waals surface area (Å²) in [6.07, 6.45) is 12.2. The van der Waals surface area contributed by atoms with Gasteiger partial charge in [0.15, 0.2) is 5.67 Å². The molecule has 3 N–H and O–H groups in total. The Morgan fingerprint density at radius 1 is 1.32 bits per heavy atom. The molecule has 2 aliphatic carbocycles. The molecule has 2 nitrogen and oxygen atoms in total. The molecule has 2 saturated carbocycles. The third kappa shape index (κ3) is 3.54. The Morgan fingerprint density at radius 2 is 2.00 bits per heavy atom. The highest BCUT2D eigenvalue weighted by Gasteiger charge is 2.57. The molecule has 0 aliphatic heterocycles. The minimum atomic E-state index is -1.24. The highest BCUT2D eigenvalue weighted by atomic mass is 19.1. The zero-order chi connectivity index (χ0) is 13.9. The summed E-state index contributed by atoms with van der Waals surface area (Å²) in [5.41, 5.74) is 5.22. The fourth-order valence-corrected chi connectivity index (χ4v) is 2.78. The number of allylic oxidation sites excluding steroid dienone is 4. The summed E-state index contributed by atoms with van der Waals surface area (Å²) in [6, 6.07) is 0.704. The van der Waals surface area contributed by atoms with E-state index >= 15 is 0 Å². The van der Waals surface area contributed by atoms with Crippen molar-refractivity contribution >= 4 is 0 Å². The van der Waals surface area contributed by atoms with E-state index in [1.807, 2.05) is 25.2 Å². The van der Waals surface area contributed by atoms with Gasteiger partial charge in [-0.1, -0.05) is 30.9 Å². The molecule has 3 heteroatoms. The zero-order valence-electron chi connectivity index (χ0n) is 11.7. The van der Waals surface area contributed by atoms with E-state index in [2.05, 4.69) is 11.9 Å². The Bertz CT molecular complexity index is 380. The predicted molar refractivity (Wildman–Crippen MR) is 78.7 cm³/mol. The molecule has 0 saturated heterocycles. The Kier molecular flexibility index (Phi) is 4.58. The van der Waals surface area contributed by atoms with E-state index in [1.54, 1.807) is 6.08 Å². The second kappa shape index (κ2) is 6.02. The molecular weight excluding hydrogens is 239 g/mol. The normalized spacial score (nSPS) is 39.0. The first-order valence-electron chi connectivity index (χ1n) is 7.25. The lowest BCUT2D eigenvalue weighted by atomic mass is 9.91. The van der Waals surface area contributed by atoms with Gasteiger partial charge in [0.25, 0.3) is 0 Å². The molecule has 0 heterocycles. The number of rotatable bonds is 5. The van der Waals surface area contributed by atoms with Crippen LogP contribution in [-0.4, -0.2) is 23.8 Å². The Hall–Kier alpha value is -0.930. The highest BCUT2D eigenvalue weighted by Crippen LogP contribution is 2.47. The van der Waals surface area contributed by atoms with Gasteiger partial charge < -0.3 is 11.1 Å². The van der Waals surface area contributed by atoms with Gasteiger partial charge >= 0.3 is 0 Å². The van der Waals surface area contributed by atoms with Gasteiger partial charge in [0.2, 0.25) is 0 Å².